The molecule has 0 spiro atoms. The summed E-state index contributed by atoms with van der Waals surface area (Å²) in [6, 6.07) is 10.4. The number of Topliss-reactive ketones (excluding diaryl/α,β-unsaturated/α-hetero) is 1. The van der Waals surface area contributed by atoms with Gasteiger partial charge >= 0.3 is 0 Å². The Hall–Kier alpha value is -3.26. The molecule has 1 aliphatic carbocycles. The van der Waals surface area contributed by atoms with Gasteiger partial charge in [-0.2, -0.15) is 0 Å². The molecule has 0 unspecified atom stereocenters. The number of nitrogens with one attached hydrogen (secondary N) is 1. The molecule has 2 aromatic rings. The van der Waals surface area contributed by atoms with Gasteiger partial charge in [-0.1, -0.05) is 44.2 Å². The molecule has 0 heterocycles. The number of hydrogen-bond acceptors (Lipinski definition) is 4. The number of nitrogens with two attached hydrogens (primary N) is 2. The number of halogens is 1. The van der Waals surface area contributed by atoms with Gasteiger partial charge in [0.1, 0.15) is 5.82 Å². The normalized spacial score (nSPS) is 16.9. The number of guanidine groups is 1. The van der Waals surface area contributed by atoms with Crippen LogP contribution in [0.4, 0.5) is 4.39 Å². The van der Waals surface area contributed by atoms with Gasteiger partial charge in [-0.15, -0.1) is 0 Å². The maximum absolute atomic E-state index is 13.9. The van der Waals surface area contributed by atoms with Crippen molar-refractivity contribution < 1.29 is 14.0 Å². The summed E-state index contributed by atoms with van der Waals surface area (Å²) in [6.07, 6.45) is 0.526. The number of aliphatic imine (C=N–C) groups is 1. The van der Waals surface area contributed by atoms with Crippen LogP contribution in [0.15, 0.2) is 41.4 Å². The molecule has 8 heteroatoms. The molecule has 1 aliphatic rings. The summed E-state index contributed by atoms with van der Waals surface area (Å²) in [7, 11) is 2.10. The predicted octanol–water partition coefficient (Wildman–Crippen LogP) is 2.64. The molecular formula is C27H36FN5O2. The lowest BCUT2D eigenvalue weighted by atomic mass is 9.99. The van der Waals surface area contributed by atoms with Crippen LogP contribution in [0, 0.1) is 24.6 Å². The minimum Gasteiger partial charge on any atom is -0.370 e. The smallest absolute Gasteiger partial charge is 0.288 e. The van der Waals surface area contributed by atoms with Gasteiger partial charge in [-0.05, 0) is 60.2 Å². The van der Waals surface area contributed by atoms with Gasteiger partial charge in [0.05, 0.1) is 6.04 Å². The molecule has 7 nitrogen and oxygen atoms in total. The van der Waals surface area contributed by atoms with Gasteiger partial charge in [-0.25, -0.2) is 4.39 Å². The topological polar surface area (TPSA) is 114 Å². The number of carbonyl (C=O) groups is 2. The molecule has 35 heavy (non-hydrogen) atoms. The van der Waals surface area contributed by atoms with Gasteiger partial charge in [0.15, 0.2) is 5.96 Å². The SMILES string of the molecule is Cc1ccc(CC(=O)C(=O)N[C@H]2c3ccc(CN(C)CC(C)C)cc3C[C@@H]2CN=C(N)N)cc1F. The van der Waals surface area contributed by atoms with Crippen LogP contribution < -0.4 is 16.8 Å². The van der Waals surface area contributed by atoms with Crippen LogP contribution in [-0.4, -0.2) is 42.7 Å². The molecule has 188 valence electrons. The molecule has 3 rings (SSSR count). The third-order valence-corrected chi connectivity index (χ3v) is 6.27. The van der Waals surface area contributed by atoms with Crippen LogP contribution in [0.2, 0.25) is 0 Å². The zero-order chi connectivity index (χ0) is 25.7. The van der Waals surface area contributed by atoms with E-state index in [0.717, 1.165) is 24.2 Å². The highest BCUT2D eigenvalue weighted by atomic mass is 19.1. The standard InChI is InChI=1S/C27H36FN5O2/c1-16(2)14-33(4)15-19-7-8-22-20(9-19)12-21(13-31-27(29)30)25(22)32-26(35)24(34)11-18-6-5-17(3)23(28)10-18/h5-10,16,21,25H,11-15H2,1-4H3,(H,32,35)(H4,29,30,31)/t21-,25-/m1/s1. The lowest BCUT2D eigenvalue weighted by Gasteiger charge is -2.21. The zero-order valence-corrected chi connectivity index (χ0v) is 21.0. The van der Waals surface area contributed by atoms with E-state index < -0.39 is 17.5 Å². The van der Waals surface area contributed by atoms with Crippen molar-refractivity contribution in [1.82, 2.24) is 10.2 Å². The van der Waals surface area contributed by atoms with Crippen molar-refractivity contribution in [3.63, 3.8) is 0 Å². The van der Waals surface area contributed by atoms with Crippen LogP contribution in [0.3, 0.4) is 0 Å². The highest BCUT2D eigenvalue weighted by Crippen LogP contribution is 2.37. The van der Waals surface area contributed by atoms with Crippen LogP contribution in [0.5, 0.6) is 0 Å². The monoisotopic (exact) mass is 481 g/mol. The number of benzene rings is 2. The number of aryl methyl sites for hydroxylation is 1. The number of hydrogen-bond donors (Lipinski definition) is 3. The van der Waals surface area contributed by atoms with E-state index in [4.69, 9.17) is 11.5 Å². The van der Waals surface area contributed by atoms with Crippen molar-refractivity contribution in [2.45, 2.75) is 46.2 Å². The Morgan fingerprint density at radius 1 is 1.17 bits per heavy atom. The summed E-state index contributed by atoms with van der Waals surface area (Å²) >= 11 is 0. The molecule has 0 saturated carbocycles. The van der Waals surface area contributed by atoms with E-state index in [1.807, 2.05) is 6.07 Å². The molecule has 0 fully saturated rings. The van der Waals surface area contributed by atoms with Crippen molar-refractivity contribution >= 4 is 17.6 Å². The van der Waals surface area contributed by atoms with E-state index in [1.165, 1.54) is 11.6 Å². The fourth-order valence-corrected chi connectivity index (χ4v) is 4.71. The molecule has 0 radical (unpaired) electrons. The molecule has 0 aliphatic heterocycles. The van der Waals surface area contributed by atoms with Crippen LogP contribution >= 0.6 is 0 Å². The van der Waals surface area contributed by atoms with E-state index in [0.29, 0.717) is 30.0 Å². The van der Waals surface area contributed by atoms with Crippen molar-refractivity contribution in [3.8, 4) is 0 Å². The highest BCUT2D eigenvalue weighted by molar-refractivity contribution is 6.36. The first kappa shape index (κ1) is 26.3. The van der Waals surface area contributed by atoms with Crippen molar-refractivity contribution in [2.75, 3.05) is 20.1 Å². The van der Waals surface area contributed by atoms with Crippen LogP contribution in [0.25, 0.3) is 0 Å². The Balaban J connectivity index is 1.76. The van der Waals surface area contributed by atoms with E-state index >= 15 is 0 Å². The maximum atomic E-state index is 13.9. The second kappa shape index (κ2) is 11.4. The summed E-state index contributed by atoms with van der Waals surface area (Å²) in [6.45, 7) is 8.19. The number of nitrogens with zero attached hydrogens (tertiary/aromatic N) is 2. The first-order valence-corrected chi connectivity index (χ1v) is 12.0. The Morgan fingerprint density at radius 3 is 2.54 bits per heavy atom. The first-order chi connectivity index (χ1) is 16.5. The van der Waals surface area contributed by atoms with Gasteiger partial charge in [0, 0.05) is 32.0 Å². The maximum Gasteiger partial charge on any atom is 0.288 e. The third kappa shape index (κ3) is 7.11. The minimum atomic E-state index is -0.695. The number of carbonyl (C=O) groups excluding carboxylic acids is 2. The number of rotatable bonds is 10. The van der Waals surface area contributed by atoms with E-state index in [-0.39, 0.29) is 24.3 Å². The highest BCUT2D eigenvalue weighted by Gasteiger charge is 2.34. The molecular weight excluding hydrogens is 445 g/mol. The quantitative estimate of drug-likeness (QED) is 0.274. The second-order valence-electron chi connectivity index (χ2n) is 9.99. The molecule has 0 saturated heterocycles. The largest absolute Gasteiger partial charge is 0.370 e. The summed E-state index contributed by atoms with van der Waals surface area (Å²) in [4.78, 5) is 31.9. The Labute approximate surface area is 206 Å². The second-order valence-corrected chi connectivity index (χ2v) is 9.99. The van der Waals surface area contributed by atoms with Gasteiger partial charge < -0.3 is 21.7 Å². The Kier molecular flexibility index (Phi) is 8.62. The number of ketones is 1. The Morgan fingerprint density at radius 2 is 1.89 bits per heavy atom. The van der Waals surface area contributed by atoms with E-state index in [1.54, 1.807) is 19.1 Å². The van der Waals surface area contributed by atoms with Crippen molar-refractivity contribution in [1.29, 1.82) is 0 Å². The van der Waals surface area contributed by atoms with Crippen LogP contribution in [-0.2, 0) is 29.0 Å². The fraction of sp³-hybridized carbons (Fsp3) is 0.444. The summed E-state index contributed by atoms with van der Waals surface area (Å²) < 4.78 is 13.9. The van der Waals surface area contributed by atoms with Crippen molar-refractivity contribution in [2.24, 2.45) is 28.3 Å². The first-order valence-electron chi connectivity index (χ1n) is 12.0. The minimum absolute atomic E-state index is 0.0143. The third-order valence-electron chi connectivity index (χ3n) is 6.27. The fourth-order valence-electron chi connectivity index (χ4n) is 4.71. The molecule has 2 atom stereocenters. The summed E-state index contributed by atoms with van der Waals surface area (Å²) in [5, 5.41) is 2.90. The molecule has 0 aromatic heterocycles. The predicted molar refractivity (Wildman–Crippen MR) is 136 cm³/mol. The molecule has 2 aromatic carbocycles. The van der Waals surface area contributed by atoms with Crippen LogP contribution in [0.1, 0.15) is 47.7 Å². The molecule has 0 bridgehead atoms. The van der Waals surface area contributed by atoms with Gasteiger partial charge in [-0.3, -0.25) is 14.6 Å². The van der Waals surface area contributed by atoms with E-state index in [9.17, 15) is 14.0 Å². The zero-order valence-electron chi connectivity index (χ0n) is 21.0. The number of amides is 1. The summed E-state index contributed by atoms with van der Waals surface area (Å²) in [5.41, 5.74) is 15.3. The Bertz CT molecular complexity index is 1110. The van der Waals surface area contributed by atoms with Crippen molar-refractivity contribution in [3.05, 3.63) is 70.0 Å². The molecule has 5 N–H and O–H groups in total. The average Bonchev–Trinajstić information content (AvgIpc) is 3.10. The van der Waals surface area contributed by atoms with Gasteiger partial charge in [0.25, 0.3) is 5.91 Å². The lowest BCUT2D eigenvalue weighted by molar-refractivity contribution is -0.138. The molecule has 1 amide bonds. The lowest BCUT2D eigenvalue weighted by Crippen LogP contribution is -2.38. The van der Waals surface area contributed by atoms with Gasteiger partial charge in [0.2, 0.25) is 5.78 Å². The number of fused-ring (bicyclic) bond motifs is 1. The average molecular weight is 482 g/mol. The summed E-state index contributed by atoms with van der Waals surface area (Å²) in [5.74, 6) is -1.23. The van der Waals surface area contributed by atoms with E-state index in [2.05, 4.69) is 48.2 Å².